The van der Waals surface area contributed by atoms with Crippen LogP contribution in [0.3, 0.4) is 0 Å². The third-order valence-electron chi connectivity index (χ3n) is 4.02. The van der Waals surface area contributed by atoms with Crippen LogP contribution in [0.15, 0.2) is 10.9 Å². The molecule has 1 aliphatic rings. The summed E-state index contributed by atoms with van der Waals surface area (Å²) in [6.45, 7) is 4.23. The zero-order valence-corrected chi connectivity index (χ0v) is 14.4. The van der Waals surface area contributed by atoms with Crippen LogP contribution in [-0.4, -0.2) is 50.2 Å². The highest BCUT2D eigenvalue weighted by Gasteiger charge is 2.30. The summed E-state index contributed by atoms with van der Waals surface area (Å²) in [4.78, 5) is 25.0. The van der Waals surface area contributed by atoms with Crippen LogP contribution in [-0.2, 0) is 21.1 Å². The summed E-state index contributed by atoms with van der Waals surface area (Å²) in [6.07, 6.45) is 0.386. The molecule has 8 heteroatoms. The number of carbonyl (C=O) groups is 1. The zero-order valence-electron chi connectivity index (χ0n) is 13.6. The Hall–Kier alpha value is -1.67. The zero-order chi connectivity index (χ0) is 17.2. The summed E-state index contributed by atoms with van der Waals surface area (Å²) in [5.74, 6) is -0.509. The largest absolute Gasteiger partial charge is 0.383 e. The van der Waals surface area contributed by atoms with E-state index in [1.165, 1.54) is 4.57 Å². The number of nitrogens with zero attached hydrogens (tertiary/aromatic N) is 1. The average molecular weight is 342 g/mol. The summed E-state index contributed by atoms with van der Waals surface area (Å²) >= 11 is 0. The second kappa shape index (κ2) is 6.84. The van der Waals surface area contributed by atoms with Crippen LogP contribution in [0, 0.1) is 13.8 Å². The Balaban J connectivity index is 2.28. The molecule has 1 fully saturated rings. The number of sulfone groups is 1. The average Bonchev–Trinajstić information content (AvgIpc) is 2.77. The van der Waals surface area contributed by atoms with Crippen LogP contribution >= 0.6 is 0 Å². The van der Waals surface area contributed by atoms with Gasteiger partial charge in [0, 0.05) is 25.4 Å². The molecule has 0 aliphatic carbocycles. The van der Waals surface area contributed by atoms with Crippen molar-refractivity contribution < 1.29 is 17.9 Å². The molecule has 1 aromatic heterocycles. The molecule has 1 aromatic rings. The number of ether oxygens (including phenoxy) is 1. The first-order valence-corrected chi connectivity index (χ1v) is 9.28. The molecular formula is C15H22N2O5S. The van der Waals surface area contributed by atoms with Gasteiger partial charge in [-0.25, -0.2) is 8.42 Å². The summed E-state index contributed by atoms with van der Waals surface area (Å²) < 4.78 is 29.4. The van der Waals surface area contributed by atoms with Crippen molar-refractivity contribution in [3.63, 3.8) is 0 Å². The van der Waals surface area contributed by atoms with Gasteiger partial charge >= 0.3 is 0 Å². The summed E-state index contributed by atoms with van der Waals surface area (Å²) in [5, 5.41) is 2.67. The van der Waals surface area contributed by atoms with Crippen LogP contribution in [0.4, 0.5) is 0 Å². The van der Waals surface area contributed by atoms with Crippen molar-refractivity contribution in [1.82, 2.24) is 9.88 Å². The lowest BCUT2D eigenvalue weighted by molar-refractivity contribution is 0.0938. The first kappa shape index (κ1) is 17.7. The number of aryl methyl sites for hydroxylation is 2. The molecule has 7 nitrogen and oxygen atoms in total. The molecule has 2 heterocycles. The highest BCUT2D eigenvalue weighted by Crippen LogP contribution is 2.13. The minimum atomic E-state index is -3.08. The molecular weight excluding hydrogens is 320 g/mol. The Morgan fingerprint density at radius 3 is 2.70 bits per heavy atom. The van der Waals surface area contributed by atoms with E-state index in [0.29, 0.717) is 25.1 Å². The van der Waals surface area contributed by atoms with E-state index in [4.69, 9.17) is 4.74 Å². The Labute approximate surface area is 135 Å². The van der Waals surface area contributed by atoms with E-state index in [1.54, 1.807) is 27.0 Å². The molecule has 128 valence electrons. The molecule has 23 heavy (non-hydrogen) atoms. The number of methoxy groups -OCH3 is 1. The van der Waals surface area contributed by atoms with E-state index >= 15 is 0 Å². The van der Waals surface area contributed by atoms with Crippen LogP contribution in [0.25, 0.3) is 0 Å². The number of aromatic nitrogens is 1. The van der Waals surface area contributed by atoms with Gasteiger partial charge in [0.25, 0.3) is 11.5 Å². The van der Waals surface area contributed by atoms with E-state index in [2.05, 4.69) is 5.32 Å². The van der Waals surface area contributed by atoms with Gasteiger partial charge in [0.15, 0.2) is 9.84 Å². The first-order chi connectivity index (χ1) is 10.7. The molecule has 1 atom stereocenters. The van der Waals surface area contributed by atoms with Gasteiger partial charge in [-0.1, -0.05) is 0 Å². The van der Waals surface area contributed by atoms with Crippen LogP contribution in [0.1, 0.15) is 28.0 Å². The maximum absolute atomic E-state index is 12.6. The van der Waals surface area contributed by atoms with Crippen molar-refractivity contribution >= 4 is 15.7 Å². The predicted octanol–water partition coefficient (Wildman–Crippen LogP) is 0.0284. The molecule has 0 unspecified atom stereocenters. The quantitative estimate of drug-likeness (QED) is 0.815. The fraction of sp³-hybridized carbons (Fsp3) is 0.600. The molecule has 0 radical (unpaired) electrons. The summed E-state index contributed by atoms with van der Waals surface area (Å²) in [7, 11) is -1.54. The van der Waals surface area contributed by atoms with Gasteiger partial charge in [-0.05, 0) is 31.9 Å². The SMILES string of the molecule is COCCn1c(C)cc(C)c(C(=O)N[C@H]2CCS(=O)(=O)C2)c1=O. The van der Waals surface area contributed by atoms with Crippen molar-refractivity contribution in [2.75, 3.05) is 25.2 Å². The minimum absolute atomic E-state index is 0.0657. The van der Waals surface area contributed by atoms with Gasteiger partial charge in [-0.3, -0.25) is 9.59 Å². The van der Waals surface area contributed by atoms with Crippen molar-refractivity contribution in [2.24, 2.45) is 0 Å². The number of hydrogen-bond donors (Lipinski definition) is 1. The first-order valence-electron chi connectivity index (χ1n) is 7.46. The third kappa shape index (κ3) is 4.00. The lowest BCUT2D eigenvalue weighted by atomic mass is 10.1. The van der Waals surface area contributed by atoms with Gasteiger partial charge in [0.2, 0.25) is 0 Å². The summed E-state index contributed by atoms with van der Waals surface area (Å²) in [6, 6.07) is 1.34. The molecule has 1 saturated heterocycles. The second-order valence-corrected chi connectivity index (χ2v) is 8.10. The standard InChI is InChI=1S/C15H22N2O5S/c1-10-8-11(2)17(5-6-22-3)15(19)13(10)14(18)16-12-4-7-23(20,21)9-12/h8,12H,4-7,9H2,1-3H3,(H,16,18)/t12-/m0/s1. The molecule has 1 amide bonds. The smallest absolute Gasteiger partial charge is 0.263 e. The van der Waals surface area contributed by atoms with E-state index in [-0.39, 0.29) is 22.6 Å². The van der Waals surface area contributed by atoms with Gasteiger partial charge < -0.3 is 14.6 Å². The lowest BCUT2D eigenvalue weighted by Crippen LogP contribution is -2.40. The van der Waals surface area contributed by atoms with E-state index < -0.39 is 21.8 Å². The molecule has 1 aliphatic heterocycles. The predicted molar refractivity (Wildman–Crippen MR) is 86.6 cm³/mol. The van der Waals surface area contributed by atoms with Gasteiger partial charge in [0.05, 0.1) is 18.1 Å². The third-order valence-corrected chi connectivity index (χ3v) is 5.79. The van der Waals surface area contributed by atoms with E-state index in [1.807, 2.05) is 0 Å². The number of pyridine rings is 1. The van der Waals surface area contributed by atoms with Crippen molar-refractivity contribution in [2.45, 2.75) is 32.9 Å². The minimum Gasteiger partial charge on any atom is -0.383 e. The van der Waals surface area contributed by atoms with E-state index in [0.717, 1.165) is 5.69 Å². The van der Waals surface area contributed by atoms with Gasteiger partial charge in [-0.15, -0.1) is 0 Å². The normalized spacial score (nSPS) is 19.7. The number of amides is 1. The van der Waals surface area contributed by atoms with Crippen LogP contribution in [0.2, 0.25) is 0 Å². The summed E-state index contributed by atoms with van der Waals surface area (Å²) in [5.41, 5.74) is 1.03. The topological polar surface area (TPSA) is 94.5 Å². The molecule has 0 aromatic carbocycles. The highest BCUT2D eigenvalue weighted by molar-refractivity contribution is 7.91. The molecule has 0 saturated carbocycles. The Bertz CT molecular complexity index is 767. The van der Waals surface area contributed by atoms with Gasteiger partial charge in [0.1, 0.15) is 5.56 Å². The monoisotopic (exact) mass is 342 g/mol. The van der Waals surface area contributed by atoms with Crippen molar-refractivity contribution in [3.05, 3.63) is 33.2 Å². The Kier molecular flexibility index (Phi) is 5.26. The number of hydrogen-bond acceptors (Lipinski definition) is 5. The fourth-order valence-corrected chi connectivity index (χ4v) is 4.50. The number of rotatable bonds is 5. The van der Waals surface area contributed by atoms with Crippen molar-refractivity contribution in [1.29, 1.82) is 0 Å². The van der Waals surface area contributed by atoms with E-state index in [9.17, 15) is 18.0 Å². The fourth-order valence-electron chi connectivity index (χ4n) is 2.83. The second-order valence-electron chi connectivity index (χ2n) is 5.87. The molecule has 0 spiro atoms. The highest BCUT2D eigenvalue weighted by atomic mass is 32.2. The van der Waals surface area contributed by atoms with Gasteiger partial charge in [-0.2, -0.15) is 0 Å². The van der Waals surface area contributed by atoms with Crippen LogP contribution in [0.5, 0.6) is 0 Å². The number of nitrogens with one attached hydrogen (secondary N) is 1. The molecule has 1 N–H and O–H groups in total. The van der Waals surface area contributed by atoms with Crippen LogP contribution < -0.4 is 10.9 Å². The lowest BCUT2D eigenvalue weighted by Gasteiger charge is -2.16. The number of carbonyl (C=O) groups excluding carboxylic acids is 1. The molecule has 2 rings (SSSR count). The maximum Gasteiger partial charge on any atom is 0.263 e. The maximum atomic E-state index is 12.6. The Morgan fingerprint density at radius 1 is 1.43 bits per heavy atom. The van der Waals surface area contributed by atoms with Crippen molar-refractivity contribution in [3.8, 4) is 0 Å². The molecule has 0 bridgehead atoms. The Morgan fingerprint density at radius 2 is 2.13 bits per heavy atom.